The highest BCUT2D eigenvalue weighted by Crippen LogP contribution is 2.25. The van der Waals surface area contributed by atoms with Crippen molar-refractivity contribution >= 4 is 52.1 Å². The molecule has 116 valence electrons. The second-order valence-corrected chi connectivity index (χ2v) is 6.44. The Kier molecular flexibility index (Phi) is 5.39. The fraction of sp³-hybridized carbons (Fsp3) is 0.214. The van der Waals surface area contributed by atoms with Crippen molar-refractivity contribution in [3.05, 3.63) is 43.8 Å². The van der Waals surface area contributed by atoms with Crippen molar-refractivity contribution in [3.8, 4) is 0 Å². The topological polar surface area (TPSA) is 68.3 Å². The van der Waals surface area contributed by atoms with Crippen LogP contribution < -0.4 is 5.32 Å². The summed E-state index contributed by atoms with van der Waals surface area (Å²) >= 11 is 13.0. The first-order valence-corrected chi connectivity index (χ1v) is 7.80. The van der Waals surface area contributed by atoms with Crippen molar-refractivity contribution < 1.29 is 14.3 Å². The molecule has 8 heteroatoms. The van der Waals surface area contributed by atoms with E-state index < -0.39 is 18.5 Å². The maximum Gasteiger partial charge on any atom is 0.350 e. The van der Waals surface area contributed by atoms with Crippen molar-refractivity contribution in [2.45, 2.75) is 13.8 Å². The van der Waals surface area contributed by atoms with Gasteiger partial charge in [0.25, 0.3) is 5.91 Å². The van der Waals surface area contributed by atoms with Crippen LogP contribution in [0.1, 0.15) is 20.4 Å². The summed E-state index contributed by atoms with van der Waals surface area (Å²) in [5, 5.41) is 4.08. The number of aromatic nitrogens is 1. The zero-order chi connectivity index (χ0) is 16.3. The molecule has 1 amide bonds. The summed E-state index contributed by atoms with van der Waals surface area (Å²) in [6.07, 6.45) is 0. The number of halogens is 2. The van der Waals surface area contributed by atoms with Gasteiger partial charge in [0.15, 0.2) is 6.61 Å². The molecule has 0 radical (unpaired) electrons. The minimum absolute atomic E-state index is 0.345. The number of anilines is 1. The van der Waals surface area contributed by atoms with Crippen molar-refractivity contribution in [1.82, 2.24) is 4.98 Å². The third-order valence-corrected chi connectivity index (χ3v) is 4.24. The minimum atomic E-state index is -0.574. The molecule has 2 rings (SSSR count). The average molecular weight is 359 g/mol. The molecule has 1 aromatic carbocycles. The van der Waals surface area contributed by atoms with Gasteiger partial charge in [0.1, 0.15) is 4.88 Å². The molecule has 0 saturated carbocycles. The lowest BCUT2D eigenvalue weighted by Crippen LogP contribution is -2.21. The number of thiazole rings is 1. The first-order chi connectivity index (χ1) is 10.4. The summed E-state index contributed by atoms with van der Waals surface area (Å²) in [5.74, 6) is -1.08. The summed E-state index contributed by atoms with van der Waals surface area (Å²) in [4.78, 5) is 28.2. The monoisotopic (exact) mass is 358 g/mol. The molecule has 0 unspecified atom stereocenters. The van der Waals surface area contributed by atoms with Gasteiger partial charge in [0.2, 0.25) is 0 Å². The van der Waals surface area contributed by atoms with Crippen LogP contribution in [0.3, 0.4) is 0 Å². The highest BCUT2D eigenvalue weighted by atomic mass is 35.5. The fourth-order valence-corrected chi connectivity index (χ4v) is 2.85. The predicted molar refractivity (Wildman–Crippen MR) is 87.0 cm³/mol. The third-order valence-electron chi connectivity index (χ3n) is 2.63. The predicted octanol–water partition coefficient (Wildman–Crippen LogP) is 3.86. The van der Waals surface area contributed by atoms with Gasteiger partial charge in [-0.1, -0.05) is 23.2 Å². The third kappa shape index (κ3) is 4.19. The maximum absolute atomic E-state index is 11.9. The van der Waals surface area contributed by atoms with Crippen LogP contribution in [0.25, 0.3) is 0 Å². The first-order valence-electron chi connectivity index (χ1n) is 6.23. The Morgan fingerprint density at radius 1 is 1.32 bits per heavy atom. The van der Waals surface area contributed by atoms with Gasteiger partial charge in [-0.15, -0.1) is 11.3 Å². The number of rotatable bonds is 4. The maximum atomic E-state index is 11.9. The molecular weight excluding hydrogens is 347 g/mol. The summed E-state index contributed by atoms with van der Waals surface area (Å²) < 4.78 is 4.97. The number of esters is 1. The Balaban J connectivity index is 1.94. The molecule has 1 aromatic heterocycles. The fourth-order valence-electron chi connectivity index (χ4n) is 1.70. The molecule has 0 spiro atoms. The minimum Gasteiger partial charge on any atom is -0.451 e. The number of benzene rings is 1. The van der Waals surface area contributed by atoms with E-state index in [0.717, 1.165) is 5.01 Å². The number of nitrogens with one attached hydrogen (secondary N) is 1. The number of hydrogen-bond donors (Lipinski definition) is 1. The van der Waals surface area contributed by atoms with Crippen LogP contribution in [0.2, 0.25) is 10.0 Å². The summed E-state index contributed by atoms with van der Waals surface area (Å²) in [7, 11) is 0. The number of amides is 1. The molecule has 2 aromatic rings. The normalized spacial score (nSPS) is 10.4. The van der Waals surface area contributed by atoms with Crippen LogP contribution in [-0.2, 0) is 9.53 Å². The summed E-state index contributed by atoms with van der Waals surface area (Å²) in [6.45, 7) is 3.09. The number of carbonyl (C=O) groups is 2. The van der Waals surface area contributed by atoms with E-state index in [-0.39, 0.29) is 0 Å². The Morgan fingerprint density at radius 2 is 2.05 bits per heavy atom. The Labute approximate surface area is 141 Å². The van der Waals surface area contributed by atoms with Crippen molar-refractivity contribution in [3.63, 3.8) is 0 Å². The van der Waals surface area contributed by atoms with E-state index in [2.05, 4.69) is 10.3 Å². The van der Waals surface area contributed by atoms with Crippen molar-refractivity contribution in [1.29, 1.82) is 0 Å². The molecule has 0 aliphatic rings. The summed E-state index contributed by atoms with van der Waals surface area (Å²) in [5.41, 5.74) is 0.950. The highest BCUT2D eigenvalue weighted by Gasteiger charge is 2.17. The molecule has 5 nitrogen and oxygen atoms in total. The van der Waals surface area contributed by atoms with Gasteiger partial charge in [0, 0.05) is 5.02 Å². The van der Waals surface area contributed by atoms with Gasteiger partial charge in [-0.3, -0.25) is 4.79 Å². The van der Waals surface area contributed by atoms with Crippen molar-refractivity contribution in [2.75, 3.05) is 11.9 Å². The van der Waals surface area contributed by atoms with Crippen molar-refractivity contribution in [2.24, 2.45) is 0 Å². The number of nitrogens with zero attached hydrogens (tertiary/aromatic N) is 1. The molecule has 0 bridgehead atoms. The molecular formula is C14H12Cl2N2O3S. The second kappa shape index (κ2) is 7.09. The molecule has 0 aliphatic heterocycles. The van der Waals surface area contributed by atoms with E-state index in [1.807, 2.05) is 0 Å². The number of aryl methyl sites for hydroxylation is 2. The second-order valence-electron chi connectivity index (χ2n) is 4.40. The SMILES string of the molecule is Cc1nc(C)c(C(=O)OCC(=O)Nc2cc(Cl)ccc2Cl)s1. The van der Waals surface area contributed by atoms with E-state index in [0.29, 0.717) is 26.3 Å². The molecule has 0 atom stereocenters. The quantitative estimate of drug-likeness (QED) is 0.842. The van der Waals surface area contributed by atoms with Crippen LogP contribution in [0.5, 0.6) is 0 Å². The largest absolute Gasteiger partial charge is 0.451 e. The molecule has 0 aliphatic carbocycles. The van der Waals surface area contributed by atoms with Crippen LogP contribution >= 0.6 is 34.5 Å². The van der Waals surface area contributed by atoms with Crippen LogP contribution in [0.4, 0.5) is 5.69 Å². The van der Waals surface area contributed by atoms with Crippen LogP contribution in [0.15, 0.2) is 18.2 Å². The number of hydrogen-bond acceptors (Lipinski definition) is 5. The van der Waals surface area contributed by atoms with Crippen LogP contribution in [-0.4, -0.2) is 23.5 Å². The molecule has 22 heavy (non-hydrogen) atoms. The van der Waals surface area contributed by atoms with E-state index in [1.54, 1.807) is 26.0 Å². The average Bonchev–Trinajstić information content (AvgIpc) is 2.79. The van der Waals surface area contributed by atoms with Gasteiger partial charge in [0.05, 0.1) is 21.4 Å². The Hall–Kier alpha value is -1.63. The highest BCUT2D eigenvalue weighted by molar-refractivity contribution is 7.13. The standard InChI is InChI=1S/C14H12Cl2N2O3S/c1-7-13(22-8(2)17-7)14(20)21-6-12(19)18-11-5-9(15)3-4-10(11)16/h3-5H,6H2,1-2H3,(H,18,19). The summed E-state index contributed by atoms with van der Waals surface area (Å²) in [6, 6.07) is 4.68. The number of ether oxygens (including phenoxy) is 1. The lowest BCUT2D eigenvalue weighted by Gasteiger charge is -2.08. The van der Waals surface area contributed by atoms with E-state index in [9.17, 15) is 9.59 Å². The molecule has 1 heterocycles. The van der Waals surface area contributed by atoms with E-state index in [4.69, 9.17) is 27.9 Å². The lowest BCUT2D eigenvalue weighted by molar-refractivity contribution is -0.119. The van der Waals surface area contributed by atoms with E-state index >= 15 is 0 Å². The van der Waals surface area contributed by atoms with Gasteiger partial charge < -0.3 is 10.1 Å². The molecule has 0 saturated heterocycles. The van der Waals surface area contributed by atoms with Gasteiger partial charge in [-0.25, -0.2) is 9.78 Å². The Morgan fingerprint density at radius 3 is 2.68 bits per heavy atom. The Bertz CT molecular complexity index is 731. The van der Waals surface area contributed by atoms with Crippen LogP contribution in [0, 0.1) is 13.8 Å². The van der Waals surface area contributed by atoms with Gasteiger partial charge in [-0.05, 0) is 32.0 Å². The van der Waals surface area contributed by atoms with E-state index in [1.165, 1.54) is 17.4 Å². The zero-order valence-corrected chi connectivity index (χ0v) is 14.1. The first kappa shape index (κ1) is 16.7. The lowest BCUT2D eigenvalue weighted by atomic mass is 10.3. The molecule has 1 N–H and O–H groups in total. The van der Waals surface area contributed by atoms with Gasteiger partial charge in [-0.2, -0.15) is 0 Å². The zero-order valence-electron chi connectivity index (χ0n) is 11.8. The smallest absolute Gasteiger partial charge is 0.350 e. The number of carbonyl (C=O) groups excluding carboxylic acids is 2. The molecule has 0 fully saturated rings. The van der Waals surface area contributed by atoms with Gasteiger partial charge >= 0.3 is 5.97 Å².